The predicted molar refractivity (Wildman–Crippen MR) is 94.6 cm³/mol. The molecular weight excluding hydrogens is 334 g/mol. The Kier molecular flexibility index (Phi) is 5.07. The number of methoxy groups -OCH3 is 1. The summed E-state index contributed by atoms with van der Waals surface area (Å²) in [5.41, 5.74) is 2.34. The summed E-state index contributed by atoms with van der Waals surface area (Å²) in [6.07, 6.45) is 1.72. The van der Waals surface area contributed by atoms with Crippen molar-refractivity contribution in [1.82, 2.24) is 15.3 Å². The summed E-state index contributed by atoms with van der Waals surface area (Å²) in [5, 5.41) is 11.9. The number of phenolic OH excluding ortho intramolecular Hbond substituents is 1. The van der Waals surface area contributed by atoms with Crippen LogP contribution in [0.4, 0.5) is 0 Å². The van der Waals surface area contributed by atoms with E-state index in [1.165, 1.54) is 31.4 Å². The summed E-state index contributed by atoms with van der Waals surface area (Å²) >= 11 is 0. The summed E-state index contributed by atoms with van der Waals surface area (Å²) in [6, 6.07) is 12.2. The molecule has 0 fully saturated rings. The first kappa shape index (κ1) is 17.3. The average molecular weight is 351 g/mol. The summed E-state index contributed by atoms with van der Waals surface area (Å²) in [7, 11) is 1.26. The van der Waals surface area contributed by atoms with Gasteiger partial charge in [-0.25, -0.2) is 9.78 Å². The van der Waals surface area contributed by atoms with Crippen LogP contribution < -0.4 is 5.32 Å². The second-order valence-corrected chi connectivity index (χ2v) is 5.65. The van der Waals surface area contributed by atoms with Crippen molar-refractivity contribution in [2.75, 3.05) is 7.11 Å². The van der Waals surface area contributed by atoms with Crippen molar-refractivity contribution in [3.63, 3.8) is 0 Å². The maximum Gasteiger partial charge on any atom is 0.328 e. The number of benzene rings is 2. The Labute approximate surface area is 149 Å². The first-order valence-corrected chi connectivity index (χ1v) is 7.95. The Balaban J connectivity index is 1.79. The van der Waals surface area contributed by atoms with E-state index in [-0.39, 0.29) is 12.2 Å². The largest absolute Gasteiger partial charge is 0.508 e. The second kappa shape index (κ2) is 7.60. The van der Waals surface area contributed by atoms with Gasteiger partial charge in [-0.2, -0.15) is 0 Å². The van der Waals surface area contributed by atoms with E-state index in [9.17, 15) is 14.7 Å². The van der Waals surface area contributed by atoms with Crippen molar-refractivity contribution < 1.29 is 19.4 Å². The highest BCUT2D eigenvalue weighted by molar-refractivity contribution is 5.96. The summed E-state index contributed by atoms with van der Waals surface area (Å²) in [5.74, 6) is -0.973. The molecule has 0 bridgehead atoms. The fraction of sp³-hybridized carbons (Fsp3) is 0.158. The van der Waals surface area contributed by atoms with Gasteiger partial charge in [0.25, 0.3) is 5.91 Å². The van der Waals surface area contributed by atoms with Crippen LogP contribution in [-0.4, -0.2) is 40.1 Å². The zero-order valence-electron chi connectivity index (χ0n) is 14.0. The number of amides is 1. The van der Waals surface area contributed by atoms with Gasteiger partial charge in [0, 0.05) is 18.2 Å². The highest BCUT2D eigenvalue weighted by atomic mass is 16.5. The molecule has 0 saturated heterocycles. The molecule has 0 aliphatic carbocycles. The number of para-hydroxylation sites is 2. The number of nitrogens with zero attached hydrogens (tertiary/aromatic N) is 2. The summed E-state index contributed by atoms with van der Waals surface area (Å²) < 4.78 is 4.79. The quantitative estimate of drug-likeness (QED) is 0.680. The van der Waals surface area contributed by atoms with Crippen molar-refractivity contribution in [3.8, 4) is 5.75 Å². The lowest BCUT2D eigenvalue weighted by Crippen LogP contribution is -2.43. The molecule has 0 aliphatic rings. The molecule has 1 heterocycles. The lowest BCUT2D eigenvalue weighted by atomic mass is 10.1. The highest BCUT2D eigenvalue weighted by Crippen LogP contribution is 2.12. The van der Waals surface area contributed by atoms with Crippen molar-refractivity contribution in [2.45, 2.75) is 12.5 Å². The van der Waals surface area contributed by atoms with Crippen molar-refractivity contribution in [3.05, 3.63) is 66.0 Å². The fourth-order valence-electron chi connectivity index (χ4n) is 2.49. The maximum absolute atomic E-state index is 12.4. The number of nitrogens with one attached hydrogen (secondary N) is 1. The normalized spacial score (nSPS) is 11.7. The smallest absolute Gasteiger partial charge is 0.328 e. The Hall–Kier alpha value is -3.48. The molecule has 1 aromatic heterocycles. The average Bonchev–Trinajstić information content (AvgIpc) is 2.67. The number of fused-ring (bicyclic) bond motifs is 1. The fourth-order valence-corrected chi connectivity index (χ4v) is 2.49. The summed E-state index contributed by atoms with van der Waals surface area (Å²) in [4.78, 5) is 33.2. The topological polar surface area (TPSA) is 101 Å². The van der Waals surface area contributed by atoms with Crippen LogP contribution in [0.15, 0.2) is 54.7 Å². The number of carbonyl (C=O) groups is 2. The summed E-state index contributed by atoms with van der Waals surface area (Å²) in [6.45, 7) is 0. The van der Waals surface area contributed by atoms with Crippen LogP contribution in [0.2, 0.25) is 0 Å². The van der Waals surface area contributed by atoms with Gasteiger partial charge in [0.05, 0.1) is 23.8 Å². The number of ether oxygens (including phenoxy) is 1. The number of hydrogen-bond acceptors (Lipinski definition) is 6. The molecule has 0 unspecified atom stereocenters. The lowest BCUT2D eigenvalue weighted by molar-refractivity contribution is -0.142. The van der Waals surface area contributed by atoms with E-state index in [4.69, 9.17) is 4.74 Å². The zero-order valence-corrected chi connectivity index (χ0v) is 14.0. The molecule has 132 valence electrons. The van der Waals surface area contributed by atoms with Gasteiger partial charge in [0.15, 0.2) is 0 Å². The number of hydrogen-bond donors (Lipinski definition) is 2. The van der Waals surface area contributed by atoms with Gasteiger partial charge in [-0.3, -0.25) is 9.78 Å². The molecule has 0 radical (unpaired) electrons. The molecule has 7 nitrogen and oxygen atoms in total. The molecule has 1 atom stereocenters. The van der Waals surface area contributed by atoms with Gasteiger partial charge in [-0.1, -0.05) is 12.1 Å². The molecule has 2 aromatic carbocycles. The van der Waals surface area contributed by atoms with Gasteiger partial charge >= 0.3 is 5.97 Å². The third-order valence-electron chi connectivity index (χ3n) is 3.83. The lowest BCUT2D eigenvalue weighted by Gasteiger charge is -2.16. The first-order valence-electron chi connectivity index (χ1n) is 7.95. The van der Waals surface area contributed by atoms with Crippen molar-refractivity contribution in [2.24, 2.45) is 0 Å². The van der Waals surface area contributed by atoms with Crippen LogP contribution in [0, 0.1) is 0 Å². The van der Waals surface area contributed by atoms with Gasteiger partial charge in [-0.15, -0.1) is 0 Å². The Bertz CT molecular complexity index is 941. The van der Waals surface area contributed by atoms with Crippen LogP contribution in [0.25, 0.3) is 11.0 Å². The van der Waals surface area contributed by atoms with Crippen LogP contribution in [0.5, 0.6) is 5.75 Å². The van der Waals surface area contributed by atoms with Gasteiger partial charge in [-0.05, 0) is 36.4 Å². The predicted octanol–water partition coefficient (Wildman–Crippen LogP) is 1.85. The minimum Gasteiger partial charge on any atom is -0.508 e. The molecule has 3 aromatic rings. The zero-order chi connectivity index (χ0) is 18.5. The van der Waals surface area contributed by atoms with Gasteiger partial charge in [0.2, 0.25) is 0 Å². The maximum atomic E-state index is 12.4. The standard InChI is InChI=1S/C19H17N3O4/c1-26-19(25)17(22-18(24)12-6-8-14(23)9-7-12)10-13-11-20-15-4-2-3-5-16(15)21-13/h2-9,11,17,23H,10H2,1H3,(H,22,24)/t17-/m1/s1. The van der Waals surface area contributed by atoms with E-state index in [1.54, 1.807) is 6.20 Å². The molecular formula is C19H17N3O4. The highest BCUT2D eigenvalue weighted by Gasteiger charge is 2.23. The second-order valence-electron chi connectivity index (χ2n) is 5.65. The molecule has 0 aliphatic heterocycles. The van der Waals surface area contributed by atoms with Gasteiger partial charge in [0.1, 0.15) is 11.8 Å². The van der Waals surface area contributed by atoms with Crippen molar-refractivity contribution in [1.29, 1.82) is 0 Å². The third kappa shape index (κ3) is 3.94. The number of phenols is 1. The van der Waals surface area contributed by atoms with E-state index >= 15 is 0 Å². The molecule has 26 heavy (non-hydrogen) atoms. The Morgan fingerprint density at radius 2 is 1.81 bits per heavy atom. The molecule has 7 heteroatoms. The number of esters is 1. The first-order chi connectivity index (χ1) is 12.6. The molecule has 3 rings (SSSR count). The molecule has 0 saturated carbocycles. The monoisotopic (exact) mass is 351 g/mol. The number of aromatic hydroxyl groups is 1. The third-order valence-corrected chi connectivity index (χ3v) is 3.83. The minimum atomic E-state index is -0.906. The number of rotatable bonds is 5. The van der Waals surface area contributed by atoms with Gasteiger partial charge < -0.3 is 15.2 Å². The van der Waals surface area contributed by atoms with Crippen LogP contribution in [0.3, 0.4) is 0 Å². The Morgan fingerprint density at radius 3 is 2.50 bits per heavy atom. The SMILES string of the molecule is COC(=O)[C@@H](Cc1cnc2ccccc2n1)NC(=O)c1ccc(O)cc1. The van der Waals surface area contributed by atoms with Crippen LogP contribution in [-0.2, 0) is 16.0 Å². The number of carbonyl (C=O) groups excluding carboxylic acids is 2. The molecule has 2 N–H and O–H groups in total. The minimum absolute atomic E-state index is 0.0532. The van der Waals surface area contributed by atoms with Crippen LogP contribution >= 0.6 is 0 Å². The van der Waals surface area contributed by atoms with E-state index in [0.29, 0.717) is 16.8 Å². The van der Waals surface area contributed by atoms with E-state index in [2.05, 4.69) is 15.3 Å². The van der Waals surface area contributed by atoms with E-state index < -0.39 is 17.9 Å². The molecule has 1 amide bonds. The Morgan fingerprint density at radius 1 is 1.12 bits per heavy atom. The van der Waals surface area contributed by atoms with Crippen LogP contribution in [0.1, 0.15) is 16.1 Å². The molecule has 0 spiro atoms. The van der Waals surface area contributed by atoms with E-state index in [0.717, 1.165) is 5.52 Å². The van der Waals surface area contributed by atoms with E-state index in [1.807, 2.05) is 24.3 Å². The number of aromatic nitrogens is 2. The van der Waals surface area contributed by atoms with Crippen molar-refractivity contribution >= 4 is 22.9 Å².